The van der Waals surface area contributed by atoms with Crippen LogP contribution in [0.25, 0.3) is 11.5 Å². The molecule has 2 heterocycles. The smallest absolute Gasteiger partial charge is 0.225 e. The van der Waals surface area contributed by atoms with E-state index >= 15 is 0 Å². The third-order valence-electron chi connectivity index (χ3n) is 1.52. The molecule has 5 nitrogen and oxygen atoms in total. The Labute approximate surface area is 83.7 Å². The first-order valence-corrected chi connectivity index (χ1v) is 4.72. The van der Waals surface area contributed by atoms with Gasteiger partial charge in [-0.2, -0.15) is 0 Å². The Balaban J connectivity index is 2.14. The lowest BCUT2D eigenvalue weighted by molar-refractivity contribution is -0.109. The third kappa shape index (κ3) is 1.74. The highest BCUT2D eigenvalue weighted by Gasteiger charge is 2.05. The summed E-state index contributed by atoms with van der Waals surface area (Å²) in [5.74, 6) is 0.709. The van der Waals surface area contributed by atoms with E-state index in [-0.39, 0.29) is 0 Å². The number of amides is 1. The second-order valence-electron chi connectivity index (χ2n) is 2.40. The van der Waals surface area contributed by atoms with E-state index in [9.17, 15) is 4.79 Å². The molecule has 14 heavy (non-hydrogen) atoms. The minimum atomic E-state index is 0.550. The molecule has 2 N–H and O–H groups in total. The highest BCUT2D eigenvalue weighted by Crippen LogP contribution is 2.24. The van der Waals surface area contributed by atoms with E-state index in [0.29, 0.717) is 17.3 Å². The van der Waals surface area contributed by atoms with Gasteiger partial charge in [-0.25, -0.2) is 4.98 Å². The molecule has 0 saturated heterocycles. The zero-order chi connectivity index (χ0) is 9.80. The van der Waals surface area contributed by atoms with Gasteiger partial charge in [-0.15, -0.1) is 11.3 Å². The number of rotatable bonds is 4. The summed E-state index contributed by atoms with van der Waals surface area (Å²) in [6.45, 7) is 0. The molecule has 6 heteroatoms. The van der Waals surface area contributed by atoms with Gasteiger partial charge in [0.25, 0.3) is 0 Å². The summed E-state index contributed by atoms with van der Waals surface area (Å²) in [7, 11) is 0. The fraction of sp³-hybridized carbons (Fsp3) is 0. The molecule has 0 aromatic carbocycles. The van der Waals surface area contributed by atoms with Crippen LogP contribution in [-0.2, 0) is 4.79 Å². The molecule has 2 aromatic heterocycles. The number of nitrogens with zero attached hydrogens (tertiary/aromatic N) is 1. The average Bonchev–Trinajstić information content (AvgIpc) is 2.85. The predicted octanol–water partition coefficient (Wildman–Crippen LogP) is 1.48. The van der Waals surface area contributed by atoms with Crippen molar-refractivity contribution in [2.75, 3.05) is 5.43 Å². The molecular weight excluding hydrogens is 202 g/mol. The summed E-state index contributed by atoms with van der Waals surface area (Å²) in [5.41, 5.74) is 5.68. The van der Waals surface area contributed by atoms with E-state index in [2.05, 4.69) is 15.8 Å². The number of hydrogen-bond acceptors (Lipinski definition) is 5. The van der Waals surface area contributed by atoms with Gasteiger partial charge in [0.15, 0.2) is 5.76 Å². The van der Waals surface area contributed by atoms with Gasteiger partial charge in [0, 0.05) is 5.38 Å². The number of thiazole rings is 1. The molecule has 0 radical (unpaired) electrons. The summed E-state index contributed by atoms with van der Waals surface area (Å²) in [5, 5.41) is 2.46. The Bertz CT molecular complexity index is 410. The number of furan rings is 1. The lowest BCUT2D eigenvalue weighted by Crippen LogP contribution is -2.18. The predicted molar refractivity (Wildman–Crippen MR) is 52.6 cm³/mol. The quantitative estimate of drug-likeness (QED) is 0.591. The van der Waals surface area contributed by atoms with Gasteiger partial charge in [0.1, 0.15) is 5.69 Å². The van der Waals surface area contributed by atoms with Crippen LogP contribution in [0.2, 0.25) is 0 Å². The first kappa shape index (κ1) is 8.76. The Morgan fingerprint density at radius 1 is 1.57 bits per heavy atom. The van der Waals surface area contributed by atoms with Crippen molar-refractivity contribution in [2.45, 2.75) is 0 Å². The maximum atomic E-state index is 10.00. The third-order valence-corrected chi connectivity index (χ3v) is 2.27. The maximum Gasteiger partial charge on any atom is 0.225 e. The molecule has 0 fully saturated rings. The standard InChI is InChI=1S/C8H7N3O2S/c12-5-9-11-8-10-6(4-14-8)7-2-1-3-13-7/h1-5H,(H,9,12)(H,10,11). The summed E-state index contributed by atoms with van der Waals surface area (Å²) in [6.07, 6.45) is 2.14. The zero-order valence-electron chi connectivity index (χ0n) is 7.06. The molecule has 0 atom stereocenters. The van der Waals surface area contributed by atoms with Crippen molar-refractivity contribution in [3.63, 3.8) is 0 Å². The van der Waals surface area contributed by atoms with Gasteiger partial charge in [-0.3, -0.25) is 15.6 Å². The van der Waals surface area contributed by atoms with Crippen LogP contribution in [0.5, 0.6) is 0 Å². The molecule has 1 amide bonds. The van der Waals surface area contributed by atoms with Gasteiger partial charge in [0.2, 0.25) is 11.5 Å². The molecule has 0 aliphatic heterocycles. The van der Waals surface area contributed by atoms with Crippen LogP contribution < -0.4 is 10.9 Å². The van der Waals surface area contributed by atoms with E-state index in [4.69, 9.17) is 4.42 Å². The molecule has 0 spiro atoms. The van der Waals surface area contributed by atoms with Crippen molar-refractivity contribution in [2.24, 2.45) is 0 Å². The zero-order valence-corrected chi connectivity index (χ0v) is 7.88. The topological polar surface area (TPSA) is 67.2 Å². The van der Waals surface area contributed by atoms with Crippen molar-refractivity contribution in [1.29, 1.82) is 0 Å². The summed E-state index contributed by atoms with van der Waals surface area (Å²) in [4.78, 5) is 14.2. The summed E-state index contributed by atoms with van der Waals surface area (Å²) in [6, 6.07) is 3.62. The van der Waals surface area contributed by atoms with Gasteiger partial charge < -0.3 is 4.42 Å². The lowest BCUT2D eigenvalue weighted by atomic mass is 10.4. The number of hydrazine groups is 1. The number of carbonyl (C=O) groups is 1. The fourth-order valence-electron chi connectivity index (χ4n) is 0.960. The molecule has 0 aliphatic carbocycles. The van der Waals surface area contributed by atoms with Crippen LogP contribution in [0.15, 0.2) is 28.2 Å². The number of carbonyl (C=O) groups excluding carboxylic acids is 1. The largest absolute Gasteiger partial charge is 0.463 e. The maximum absolute atomic E-state index is 10.00. The van der Waals surface area contributed by atoms with E-state index in [0.717, 1.165) is 5.69 Å². The molecular formula is C8H7N3O2S. The second-order valence-corrected chi connectivity index (χ2v) is 3.26. The lowest BCUT2D eigenvalue weighted by Gasteiger charge is -1.95. The Hall–Kier alpha value is -1.82. The second kappa shape index (κ2) is 3.93. The van der Waals surface area contributed by atoms with Crippen molar-refractivity contribution in [1.82, 2.24) is 10.4 Å². The number of nitrogens with one attached hydrogen (secondary N) is 2. The first-order chi connectivity index (χ1) is 6.90. The van der Waals surface area contributed by atoms with Gasteiger partial charge in [-0.1, -0.05) is 0 Å². The van der Waals surface area contributed by atoms with Crippen LogP contribution in [0.3, 0.4) is 0 Å². The summed E-state index contributed by atoms with van der Waals surface area (Å²) >= 11 is 1.38. The highest BCUT2D eigenvalue weighted by atomic mass is 32.1. The van der Waals surface area contributed by atoms with Crippen LogP contribution >= 0.6 is 11.3 Å². The van der Waals surface area contributed by atoms with E-state index in [1.54, 1.807) is 12.3 Å². The SMILES string of the molecule is O=CNNc1nc(-c2ccco2)cs1. The number of anilines is 1. The summed E-state index contributed by atoms with van der Waals surface area (Å²) < 4.78 is 5.16. The van der Waals surface area contributed by atoms with Crippen LogP contribution in [0, 0.1) is 0 Å². The van der Waals surface area contributed by atoms with Gasteiger partial charge in [-0.05, 0) is 12.1 Å². The van der Waals surface area contributed by atoms with Crippen LogP contribution in [0.1, 0.15) is 0 Å². The molecule has 0 saturated carbocycles. The van der Waals surface area contributed by atoms with Crippen molar-refractivity contribution >= 4 is 22.9 Å². The Kier molecular flexibility index (Phi) is 2.46. The number of hydrogen-bond donors (Lipinski definition) is 2. The van der Waals surface area contributed by atoms with Crippen molar-refractivity contribution in [3.05, 3.63) is 23.8 Å². The minimum absolute atomic E-state index is 0.550. The normalized spacial score (nSPS) is 9.71. The molecule has 0 aliphatic rings. The average molecular weight is 209 g/mol. The molecule has 2 aromatic rings. The fourth-order valence-corrected chi connectivity index (χ4v) is 1.62. The van der Waals surface area contributed by atoms with Gasteiger partial charge in [0.05, 0.1) is 6.26 Å². The number of aromatic nitrogens is 1. The van der Waals surface area contributed by atoms with Crippen LogP contribution in [-0.4, -0.2) is 11.4 Å². The Morgan fingerprint density at radius 2 is 2.50 bits per heavy atom. The van der Waals surface area contributed by atoms with E-state index in [1.807, 2.05) is 11.4 Å². The monoisotopic (exact) mass is 209 g/mol. The van der Waals surface area contributed by atoms with E-state index < -0.39 is 0 Å². The highest BCUT2D eigenvalue weighted by molar-refractivity contribution is 7.14. The van der Waals surface area contributed by atoms with Crippen LogP contribution in [0.4, 0.5) is 5.13 Å². The minimum Gasteiger partial charge on any atom is -0.463 e. The van der Waals surface area contributed by atoms with E-state index in [1.165, 1.54) is 11.3 Å². The molecule has 72 valence electrons. The van der Waals surface area contributed by atoms with Crippen molar-refractivity contribution in [3.8, 4) is 11.5 Å². The molecule has 2 rings (SSSR count). The van der Waals surface area contributed by atoms with Gasteiger partial charge >= 0.3 is 0 Å². The molecule has 0 unspecified atom stereocenters. The Morgan fingerprint density at radius 3 is 3.21 bits per heavy atom. The van der Waals surface area contributed by atoms with Crippen molar-refractivity contribution < 1.29 is 9.21 Å². The molecule has 0 bridgehead atoms. The first-order valence-electron chi connectivity index (χ1n) is 3.85.